The fraction of sp³-hybridized carbons (Fsp3) is 0.235. The van der Waals surface area contributed by atoms with Gasteiger partial charge in [-0.05, 0) is 25.3 Å². The summed E-state index contributed by atoms with van der Waals surface area (Å²) in [7, 11) is 0. The Balaban J connectivity index is 1.79. The topological polar surface area (TPSA) is 80.0 Å². The molecule has 0 aliphatic carbocycles. The van der Waals surface area contributed by atoms with Crippen molar-refractivity contribution in [2.24, 2.45) is 0 Å². The van der Waals surface area contributed by atoms with Crippen LogP contribution in [0.5, 0.6) is 0 Å². The summed E-state index contributed by atoms with van der Waals surface area (Å²) in [6.07, 6.45) is 0. The summed E-state index contributed by atoms with van der Waals surface area (Å²) < 4.78 is 4.98. The molecule has 0 aliphatic rings. The summed E-state index contributed by atoms with van der Waals surface area (Å²) in [4.78, 5) is 16.5. The highest BCUT2D eigenvalue weighted by atomic mass is 16.5. The molecule has 0 bridgehead atoms. The highest BCUT2D eigenvalue weighted by Crippen LogP contribution is 2.23. The van der Waals surface area contributed by atoms with Gasteiger partial charge in [0.15, 0.2) is 5.82 Å². The molecule has 0 saturated carbocycles. The molecular formula is C17H18N4O2. The van der Waals surface area contributed by atoms with Gasteiger partial charge < -0.3 is 15.2 Å². The van der Waals surface area contributed by atoms with Gasteiger partial charge in [-0.3, -0.25) is 0 Å². The predicted molar refractivity (Wildman–Crippen MR) is 88.2 cm³/mol. The van der Waals surface area contributed by atoms with Crippen LogP contribution in [0.3, 0.4) is 0 Å². The predicted octanol–water partition coefficient (Wildman–Crippen LogP) is 3.59. The summed E-state index contributed by atoms with van der Waals surface area (Å²) in [5, 5.41) is 11.7. The average molecular weight is 310 g/mol. The number of aryl methyl sites for hydroxylation is 1. The number of benzene rings is 2. The molecule has 23 heavy (non-hydrogen) atoms. The summed E-state index contributed by atoms with van der Waals surface area (Å²) in [5.74, 6) is 0.896. The maximum absolute atomic E-state index is 12.3. The molecule has 118 valence electrons. The minimum Gasteiger partial charge on any atom is -0.340 e. The van der Waals surface area contributed by atoms with E-state index < -0.39 is 5.54 Å². The Hall–Kier alpha value is -2.89. The number of carbonyl (C=O) groups excluding carboxylic acids is 1. The summed E-state index contributed by atoms with van der Waals surface area (Å²) in [6.45, 7) is 5.35. The van der Waals surface area contributed by atoms with Crippen LogP contribution in [0.1, 0.15) is 25.6 Å². The number of anilines is 1. The number of fused-ring (bicyclic) bond motifs is 1. The van der Waals surface area contributed by atoms with Crippen LogP contribution in [0.15, 0.2) is 47.0 Å². The van der Waals surface area contributed by atoms with Crippen molar-refractivity contribution in [2.45, 2.75) is 26.3 Å². The van der Waals surface area contributed by atoms with Crippen LogP contribution in [0.4, 0.5) is 10.5 Å². The fourth-order valence-electron chi connectivity index (χ4n) is 2.38. The van der Waals surface area contributed by atoms with Crippen LogP contribution in [0.2, 0.25) is 0 Å². The zero-order valence-corrected chi connectivity index (χ0v) is 13.3. The molecule has 0 saturated heterocycles. The van der Waals surface area contributed by atoms with Crippen molar-refractivity contribution in [3.63, 3.8) is 0 Å². The first-order chi connectivity index (χ1) is 11.0. The Labute approximate surface area is 133 Å². The maximum Gasteiger partial charge on any atom is 0.320 e. The van der Waals surface area contributed by atoms with Gasteiger partial charge in [-0.15, -0.1) is 0 Å². The van der Waals surface area contributed by atoms with Crippen molar-refractivity contribution in [1.82, 2.24) is 15.5 Å². The number of carbonyl (C=O) groups is 1. The lowest BCUT2D eigenvalue weighted by molar-refractivity contribution is 0.239. The number of aromatic nitrogens is 2. The molecule has 0 unspecified atom stereocenters. The highest BCUT2D eigenvalue weighted by Gasteiger charge is 2.28. The molecule has 2 amide bonds. The Kier molecular flexibility index (Phi) is 3.73. The lowest BCUT2D eigenvalue weighted by atomic mass is 10.1. The number of rotatable bonds is 3. The van der Waals surface area contributed by atoms with Gasteiger partial charge in [-0.2, -0.15) is 4.98 Å². The number of amides is 2. The smallest absolute Gasteiger partial charge is 0.320 e. The highest BCUT2D eigenvalue weighted by molar-refractivity contribution is 6.01. The van der Waals surface area contributed by atoms with Crippen molar-refractivity contribution >= 4 is 22.5 Å². The van der Waals surface area contributed by atoms with Gasteiger partial charge >= 0.3 is 6.03 Å². The molecule has 0 atom stereocenters. The third-order valence-corrected chi connectivity index (χ3v) is 3.55. The second-order valence-electron chi connectivity index (χ2n) is 5.87. The van der Waals surface area contributed by atoms with Crippen LogP contribution in [-0.2, 0) is 5.54 Å². The summed E-state index contributed by atoms with van der Waals surface area (Å²) >= 11 is 0. The van der Waals surface area contributed by atoms with Crippen molar-refractivity contribution < 1.29 is 9.32 Å². The summed E-state index contributed by atoms with van der Waals surface area (Å²) in [6, 6.07) is 13.3. The normalized spacial score (nSPS) is 11.4. The zero-order chi connectivity index (χ0) is 16.4. The largest absolute Gasteiger partial charge is 0.340 e. The molecule has 6 heteroatoms. The molecule has 0 radical (unpaired) electrons. The molecule has 0 fully saturated rings. The molecule has 0 spiro atoms. The number of nitrogens with one attached hydrogen (secondary N) is 2. The van der Waals surface area contributed by atoms with Crippen LogP contribution in [0.25, 0.3) is 10.8 Å². The van der Waals surface area contributed by atoms with Crippen LogP contribution < -0.4 is 10.6 Å². The monoisotopic (exact) mass is 310 g/mol. The van der Waals surface area contributed by atoms with E-state index in [1.165, 1.54) is 0 Å². The van der Waals surface area contributed by atoms with E-state index in [1.807, 2.05) is 56.3 Å². The van der Waals surface area contributed by atoms with E-state index >= 15 is 0 Å². The summed E-state index contributed by atoms with van der Waals surface area (Å²) in [5.41, 5.74) is 0.00702. The molecular weight excluding hydrogens is 292 g/mol. The van der Waals surface area contributed by atoms with Crippen molar-refractivity contribution in [3.05, 3.63) is 54.2 Å². The Morgan fingerprint density at radius 3 is 2.61 bits per heavy atom. The van der Waals surface area contributed by atoms with Crippen LogP contribution >= 0.6 is 0 Å². The SMILES string of the molecule is Cc1nc(C(C)(C)NC(=O)Nc2cccc3ccccc23)no1. The quantitative estimate of drug-likeness (QED) is 0.774. The number of nitrogens with zero attached hydrogens (tertiary/aromatic N) is 2. The van der Waals surface area contributed by atoms with E-state index in [1.54, 1.807) is 6.92 Å². The zero-order valence-electron chi connectivity index (χ0n) is 13.3. The van der Waals surface area contributed by atoms with E-state index in [4.69, 9.17) is 4.52 Å². The van der Waals surface area contributed by atoms with Gasteiger partial charge in [-0.25, -0.2) is 4.79 Å². The Bertz CT molecular complexity index is 849. The van der Waals surface area contributed by atoms with Gasteiger partial charge in [-0.1, -0.05) is 41.6 Å². The van der Waals surface area contributed by atoms with E-state index in [9.17, 15) is 4.79 Å². The number of hydrogen-bond acceptors (Lipinski definition) is 4. The molecule has 3 rings (SSSR count). The second kappa shape index (κ2) is 5.72. The van der Waals surface area contributed by atoms with Gasteiger partial charge in [0.1, 0.15) is 0 Å². The third kappa shape index (κ3) is 3.15. The molecule has 6 nitrogen and oxygen atoms in total. The van der Waals surface area contributed by atoms with E-state index in [-0.39, 0.29) is 6.03 Å². The average Bonchev–Trinajstić information content (AvgIpc) is 2.95. The van der Waals surface area contributed by atoms with Crippen LogP contribution in [-0.4, -0.2) is 16.2 Å². The van der Waals surface area contributed by atoms with Gasteiger partial charge in [0.2, 0.25) is 5.89 Å². The first kappa shape index (κ1) is 15.0. The van der Waals surface area contributed by atoms with Crippen molar-refractivity contribution in [1.29, 1.82) is 0 Å². The number of urea groups is 1. The molecule has 0 aliphatic heterocycles. The minimum atomic E-state index is -0.744. The molecule has 2 N–H and O–H groups in total. The Morgan fingerprint density at radius 1 is 1.13 bits per heavy atom. The molecule has 1 aromatic heterocycles. The first-order valence-corrected chi connectivity index (χ1v) is 7.33. The minimum absolute atomic E-state index is 0.325. The third-order valence-electron chi connectivity index (χ3n) is 3.55. The number of hydrogen-bond donors (Lipinski definition) is 2. The van der Waals surface area contributed by atoms with E-state index in [0.29, 0.717) is 11.7 Å². The lowest BCUT2D eigenvalue weighted by Gasteiger charge is -2.22. The maximum atomic E-state index is 12.3. The van der Waals surface area contributed by atoms with Crippen molar-refractivity contribution in [2.75, 3.05) is 5.32 Å². The van der Waals surface area contributed by atoms with Crippen molar-refractivity contribution in [3.8, 4) is 0 Å². The Morgan fingerprint density at radius 2 is 1.87 bits per heavy atom. The van der Waals surface area contributed by atoms with E-state index in [2.05, 4.69) is 20.8 Å². The molecule has 1 heterocycles. The first-order valence-electron chi connectivity index (χ1n) is 7.33. The molecule has 3 aromatic rings. The van der Waals surface area contributed by atoms with Gasteiger partial charge in [0.25, 0.3) is 0 Å². The standard InChI is InChI=1S/C17H18N4O2/c1-11-18-15(21-23-11)17(2,3)20-16(22)19-14-10-6-8-12-7-4-5-9-13(12)14/h4-10H,1-3H3,(H2,19,20,22). The van der Waals surface area contributed by atoms with Gasteiger partial charge in [0, 0.05) is 12.3 Å². The van der Waals surface area contributed by atoms with Gasteiger partial charge in [0.05, 0.1) is 11.2 Å². The fourth-order valence-corrected chi connectivity index (χ4v) is 2.38. The van der Waals surface area contributed by atoms with E-state index in [0.717, 1.165) is 16.5 Å². The van der Waals surface area contributed by atoms with Crippen LogP contribution in [0, 0.1) is 6.92 Å². The second-order valence-corrected chi connectivity index (χ2v) is 5.87. The lowest BCUT2D eigenvalue weighted by Crippen LogP contribution is -2.44. The molecule has 2 aromatic carbocycles.